The fourth-order valence-corrected chi connectivity index (χ4v) is 3.11. The van der Waals surface area contributed by atoms with Gasteiger partial charge >= 0.3 is 0 Å². The van der Waals surface area contributed by atoms with Crippen LogP contribution in [0.15, 0.2) is 42.6 Å². The van der Waals surface area contributed by atoms with Gasteiger partial charge in [0.05, 0.1) is 5.56 Å². The molecule has 0 bridgehead atoms. The number of amides is 1. The third kappa shape index (κ3) is 2.82. The van der Waals surface area contributed by atoms with Gasteiger partial charge in [-0.3, -0.25) is 9.59 Å². The van der Waals surface area contributed by atoms with Crippen molar-refractivity contribution in [3.8, 4) is 0 Å². The van der Waals surface area contributed by atoms with E-state index in [4.69, 9.17) is 0 Å². The monoisotopic (exact) mass is 296 g/mol. The van der Waals surface area contributed by atoms with E-state index in [2.05, 4.69) is 4.98 Å². The van der Waals surface area contributed by atoms with Crippen molar-refractivity contribution in [3.05, 3.63) is 59.4 Å². The number of H-pyrrole nitrogens is 1. The summed E-state index contributed by atoms with van der Waals surface area (Å²) in [5.74, 6) is 0.137. The van der Waals surface area contributed by atoms with Crippen molar-refractivity contribution in [3.63, 3.8) is 0 Å². The van der Waals surface area contributed by atoms with E-state index in [-0.39, 0.29) is 17.7 Å². The van der Waals surface area contributed by atoms with Crippen LogP contribution in [-0.2, 0) is 0 Å². The summed E-state index contributed by atoms with van der Waals surface area (Å²) in [5.41, 5.74) is 2.31. The van der Waals surface area contributed by atoms with E-state index in [0.29, 0.717) is 12.0 Å². The molecule has 1 fully saturated rings. The highest BCUT2D eigenvalue weighted by atomic mass is 16.2. The Balaban J connectivity index is 1.72. The molecule has 3 rings (SSSR count). The molecule has 0 spiro atoms. The highest BCUT2D eigenvalue weighted by Gasteiger charge is 2.31. The molecule has 1 aliphatic heterocycles. The Bertz CT molecular complexity index is 675. The predicted octanol–water partition coefficient (Wildman–Crippen LogP) is 3.20. The molecule has 1 unspecified atom stereocenters. The Morgan fingerprint density at radius 3 is 2.68 bits per heavy atom. The van der Waals surface area contributed by atoms with E-state index in [1.165, 1.54) is 0 Å². The second kappa shape index (κ2) is 6.18. The van der Waals surface area contributed by atoms with Crippen LogP contribution < -0.4 is 0 Å². The molecule has 0 radical (unpaired) electrons. The van der Waals surface area contributed by atoms with Gasteiger partial charge in [0.1, 0.15) is 0 Å². The van der Waals surface area contributed by atoms with Crippen LogP contribution in [0.2, 0.25) is 0 Å². The van der Waals surface area contributed by atoms with Gasteiger partial charge in [0.25, 0.3) is 5.91 Å². The second-order valence-corrected chi connectivity index (χ2v) is 5.80. The maximum absolute atomic E-state index is 12.7. The van der Waals surface area contributed by atoms with Crippen LogP contribution in [-0.4, -0.2) is 34.2 Å². The molecule has 1 saturated heterocycles. The fraction of sp³-hybridized carbons (Fsp3) is 0.333. The molecule has 1 aromatic carbocycles. The van der Waals surface area contributed by atoms with Crippen LogP contribution in [0.4, 0.5) is 0 Å². The van der Waals surface area contributed by atoms with Crippen molar-refractivity contribution in [2.24, 2.45) is 0 Å². The summed E-state index contributed by atoms with van der Waals surface area (Å²) < 4.78 is 0. The zero-order valence-corrected chi connectivity index (χ0v) is 12.7. The molecule has 1 aliphatic rings. The Kier molecular flexibility index (Phi) is 4.09. The lowest BCUT2D eigenvalue weighted by Gasteiger charge is -2.24. The number of nitrogens with one attached hydrogen (secondary N) is 1. The lowest BCUT2D eigenvalue weighted by molar-refractivity contribution is 0.0716. The minimum atomic E-state index is 0.00880. The van der Waals surface area contributed by atoms with Gasteiger partial charge in [0.2, 0.25) is 0 Å². The maximum atomic E-state index is 12.7. The number of likely N-dealkylation sites (tertiary alicyclic amines) is 1. The molecule has 1 atom stereocenters. The number of aromatic nitrogens is 1. The summed E-state index contributed by atoms with van der Waals surface area (Å²) in [6.45, 7) is 2.63. The first-order chi connectivity index (χ1) is 10.7. The van der Waals surface area contributed by atoms with Crippen molar-refractivity contribution < 1.29 is 9.59 Å². The number of hydrogen-bond donors (Lipinski definition) is 1. The molecule has 114 valence electrons. The number of ketones is 1. The van der Waals surface area contributed by atoms with Crippen LogP contribution in [0.1, 0.15) is 45.7 Å². The van der Waals surface area contributed by atoms with E-state index in [1.807, 2.05) is 48.2 Å². The highest BCUT2D eigenvalue weighted by Crippen LogP contribution is 2.24. The Hall–Kier alpha value is -2.36. The zero-order chi connectivity index (χ0) is 15.5. The molecule has 22 heavy (non-hydrogen) atoms. The fourth-order valence-electron chi connectivity index (χ4n) is 3.11. The normalized spacial score (nSPS) is 17.7. The topological polar surface area (TPSA) is 53.2 Å². The molecule has 1 amide bonds. The number of benzene rings is 1. The van der Waals surface area contributed by atoms with Gasteiger partial charge in [-0.05, 0) is 25.8 Å². The summed E-state index contributed by atoms with van der Waals surface area (Å²) in [6.07, 6.45) is 4.04. The number of aromatic amines is 1. The van der Waals surface area contributed by atoms with Gasteiger partial charge in [-0.2, -0.15) is 0 Å². The zero-order valence-electron chi connectivity index (χ0n) is 12.7. The largest absolute Gasteiger partial charge is 0.365 e. The van der Waals surface area contributed by atoms with Crippen molar-refractivity contribution in [2.75, 3.05) is 6.54 Å². The number of Topliss-reactive ketones (excluding diaryl/α,β-unsaturated/α-hetero) is 1. The van der Waals surface area contributed by atoms with Gasteiger partial charge in [-0.15, -0.1) is 0 Å². The van der Waals surface area contributed by atoms with Crippen molar-refractivity contribution in [1.29, 1.82) is 0 Å². The summed E-state index contributed by atoms with van der Waals surface area (Å²) in [6, 6.07) is 11.1. The lowest BCUT2D eigenvalue weighted by atomic mass is 10.0. The number of hydrogen-bond acceptors (Lipinski definition) is 2. The third-order valence-corrected chi connectivity index (χ3v) is 4.34. The molecule has 1 aromatic heterocycles. The van der Waals surface area contributed by atoms with Gasteiger partial charge in [-0.25, -0.2) is 0 Å². The van der Waals surface area contributed by atoms with E-state index in [9.17, 15) is 9.59 Å². The summed E-state index contributed by atoms with van der Waals surface area (Å²) in [5, 5.41) is 0. The van der Waals surface area contributed by atoms with Crippen LogP contribution in [0, 0.1) is 6.92 Å². The van der Waals surface area contributed by atoms with Crippen molar-refractivity contribution in [1.82, 2.24) is 9.88 Å². The predicted molar refractivity (Wildman–Crippen MR) is 85.0 cm³/mol. The number of carbonyl (C=O) groups excluding carboxylic acids is 2. The number of rotatable bonds is 4. The Morgan fingerprint density at radius 2 is 2.00 bits per heavy atom. The number of aryl methyl sites for hydroxylation is 1. The molecular formula is C18H20N2O2. The third-order valence-electron chi connectivity index (χ3n) is 4.34. The molecule has 0 aliphatic carbocycles. The number of nitrogens with zero attached hydrogens (tertiary/aromatic N) is 1. The quantitative estimate of drug-likeness (QED) is 0.881. The average Bonchev–Trinajstić information content (AvgIpc) is 3.16. The van der Waals surface area contributed by atoms with Gasteiger partial charge < -0.3 is 9.88 Å². The van der Waals surface area contributed by atoms with E-state index in [0.717, 1.165) is 30.6 Å². The van der Waals surface area contributed by atoms with Gasteiger partial charge in [0, 0.05) is 36.5 Å². The summed E-state index contributed by atoms with van der Waals surface area (Å²) in [4.78, 5) is 29.9. The van der Waals surface area contributed by atoms with Crippen LogP contribution >= 0.6 is 0 Å². The van der Waals surface area contributed by atoms with Crippen molar-refractivity contribution in [2.45, 2.75) is 32.2 Å². The van der Waals surface area contributed by atoms with E-state index in [1.54, 1.807) is 6.20 Å². The minimum Gasteiger partial charge on any atom is -0.365 e. The van der Waals surface area contributed by atoms with E-state index >= 15 is 0 Å². The maximum Gasteiger partial charge on any atom is 0.255 e. The van der Waals surface area contributed by atoms with E-state index < -0.39 is 0 Å². The second-order valence-electron chi connectivity index (χ2n) is 5.80. The van der Waals surface area contributed by atoms with Crippen LogP contribution in [0.25, 0.3) is 0 Å². The smallest absolute Gasteiger partial charge is 0.255 e. The van der Waals surface area contributed by atoms with Crippen LogP contribution in [0.5, 0.6) is 0 Å². The molecule has 4 nitrogen and oxygen atoms in total. The summed E-state index contributed by atoms with van der Waals surface area (Å²) in [7, 11) is 0. The minimum absolute atomic E-state index is 0.00880. The molecule has 1 N–H and O–H groups in total. The molecule has 4 heteroatoms. The molecular weight excluding hydrogens is 276 g/mol. The Morgan fingerprint density at radius 1 is 1.23 bits per heavy atom. The number of carbonyl (C=O) groups is 2. The lowest BCUT2D eigenvalue weighted by Crippen LogP contribution is -2.37. The van der Waals surface area contributed by atoms with Crippen LogP contribution in [0.3, 0.4) is 0 Å². The Labute approximate surface area is 130 Å². The SMILES string of the molecule is Cc1[nH]ccc1C(=O)N1CCCC1CC(=O)c1ccccc1. The van der Waals surface area contributed by atoms with Gasteiger partial charge in [0.15, 0.2) is 5.78 Å². The van der Waals surface area contributed by atoms with Gasteiger partial charge in [-0.1, -0.05) is 30.3 Å². The molecule has 2 heterocycles. The molecule has 2 aromatic rings. The van der Waals surface area contributed by atoms with Crippen molar-refractivity contribution >= 4 is 11.7 Å². The standard InChI is InChI=1S/C18H20N2O2/c1-13-16(9-10-19-13)18(22)20-11-5-8-15(20)12-17(21)14-6-3-2-4-7-14/h2-4,6-7,9-10,15,19H,5,8,11-12H2,1H3. The average molecular weight is 296 g/mol. The first-order valence-electron chi connectivity index (χ1n) is 7.70. The first kappa shape index (κ1) is 14.6. The summed E-state index contributed by atoms with van der Waals surface area (Å²) >= 11 is 0. The highest BCUT2D eigenvalue weighted by molar-refractivity contribution is 5.98. The first-order valence-corrected chi connectivity index (χ1v) is 7.70. The molecule has 0 saturated carbocycles.